The maximum atomic E-state index is 3.35. The summed E-state index contributed by atoms with van der Waals surface area (Å²) in [6.45, 7) is 13.0. The largest absolute Gasteiger partial charge is 0.317 e. The zero-order chi connectivity index (χ0) is 12.8. The van der Waals surface area contributed by atoms with E-state index < -0.39 is 0 Å². The smallest absolute Gasteiger partial charge is 0.00142 e. The van der Waals surface area contributed by atoms with Crippen LogP contribution in [0.25, 0.3) is 5.57 Å². The van der Waals surface area contributed by atoms with Crippen molar-refractivity contribution >= 4 is 5.57 Å². The molecule has 0 aliphatic carbocycles. The number of hydrogen-bond donors (Lipinski definition) is 1. The second-order valence-corrected chi connectivity index (χ2v) is 4.78. The number of nitrogens with one attached hydrogen (secondary N) is 1. The molecule has 94 valence electrons. The maximum Gasteiger partial charge on any atom is -0.00142 e. The first-order valence-electron chi connectivity index (χ1n) is 6.52. The molecule has 0 unspecified atom stereocenters. The van der Waals surface area contributed by atoms with Crippen LogP contribution in [0.3, 0.4) is 0 Å². The fourth-order valence-corrected chi connectivity index (χ4v) is 2.06. The lowest BCUT2D eigenvalue weighted by Gasteiger charge is -2.10. The van der Waals surface area contributed by atoms with Crippen LogP contribution in [0.1, 0.15) is 42.5 Å². The first-order valence-corrected chi connectivity index (χ1v) is 6.52. The molecule has 0 aliphatic heterocycles. The highest BCUT2D eigenvalue weighted by molar-refractivity contribution is 5.67. The van der Waals surface area contributed by atoms with Crippen molar-refractivity contribution in [3.8, 4) is 0 Å². The lowest BCUT2D eigenvalue weighted by molar-refractivity contribution is 0.727. The van der Waals surface area contributed by atoms with E-state index in [9.17, 15) is 0 Å². The fourth-order valence-electron chi connectivity index (χ4n) is 2.06. The van der Waals surface area contributed by atoms with Gasteiger partial charge in [0, 0.05) is 0 Å². The third-order valence-electron chi connectivity index (χ3n) is 3.29. The van der Waals surface area contributed by atoms with Gasteiger partial charge in [-0.3, -0.25) is 0 Å². The molecule has 0 aliphatic rings. The van der Waals surface area contributed by atoms with Gasteiger partial charge in [-0.1, -0.05) is 25.1 Å². The molecular formula is C16H25N. The molecule has 17 heavy (non-hydrogen) atoms. The summed E-state index contributed by atoms with van der Waals surface area (Å²) >= 11 is 0. The number of allylic oxidation sites excluding steroid dienone is 1. The van der Waals surface area contributed by atoms with Gasteiger partial charge in [-0.15, -0.1) is 0 Å². The SMILES string of the molecule is CCNCCC=C(C)c1cc(C)c(C)cc1C. The van der Waals surface area contributed by atoms with Crippen molar-refractivity contribution in [2.24, 2.45) is 0 Å². The van der Waals surface area contributed by atoms with Crippen molar-refractivity contribution in [1.29, 1.82) is 0 Å². The van der Waals surface area contributed by atoms with Crippen LogP contribution in [0.5, 0.6) is 0 Å². The van der Waals surface area contributed by atoms with E-state index in [0.717, 1.165) is 19.5 Å². The second kappa shape index (κ2) is 6.61. The van der Waals surface area contributed by atoms with E-state index in [1.54, 1.807) is 0 Å². The van der Waals surface area contributed by atoms with E-state index in [-0.39, 0.29) is 0 Å². The Morgan fingerprint density at radius 1 is 1.12 bits per heavy atom. The first kappa shape index (κ1) is 14.0. The normalized spacial score (nSPS) is 11.9. The molecule has 0 atom stereocenters. The van der Waals surface area contributed by atoms with Crippen LogP contribution < -0.4 is 5.32 Å². The Kier molecular flexibility index (Phi) is 5.43. The Labute approximate surface area is 106 Å². The third kappa shape index (κ3) is 4.01. The summed E-state index contributed by atoms with van der Waals surface area (Å²) in [5.74, 6) is 0. The zero-order valence-electron chi connectivity index (χ0n) is 11.9. The molecule has 0 amide bonds. The number of rotatable bonds is 5. The average Bonchev–Trinajstić information content (AvgIpc) is 2.29. The lowest BCUT2D eigenvalue weighted by Crippen LogP contribution is -2.13. The van der Waals surface area contributed by atoms with Crippen LogP contribution in [0.4, 0.5) is 0 Å². The molecule has 0 heterocycles. The molecule has 0 saturated carbocycles. The standard InChI is InChI=1S/C16H25N/c1-6-17-9-7-8-12(2)16-11-14(4)13(3)10-15(16)5/h8,10-11,17H,6-7,9H2,1-5H3. The quantitative estimate of drug-likeness (QED) is 0.755. The second-order valence-electron chi connectivity index (χ2n) is 4.78. The van der Waals surface area contributed by atoms with Crippen molar-refractivity contribution in [2.45, 2.75) is 41.0 Å². The summed E-state index contributed by atoms with van der Waals surface area (Å²) in [5.41, 5.74) is 6.93. The molecule has 1 aromatic carbocycles. The summed E-state index contributed by atoms with van der Waals surface area (Å²) in [4.78, 5) is 0. The Morgan fingerprint density at radius 3 is 2.41 bits per heavy atom. The van der Waals surface area contributed by atoms with Gasteiger partial charge in [0.15, 0.2) is 0 Å². The van der Waals surface area contributed by atoms with Gasteiger partial charge in [-0.25, -0.2) is 0 Å². The third-order valence-corrected chi connectivity index (χ3v) is 3.29. The summed E-state index contributed by atoms with van der Waals surface area (Å²) in [7, 11) is 0. The van der Waals surface area contributed by atoms with Gasteiger partial charge >= 0.3 is 0 Å². The van der Waals surface area contributed by atoms with Crippen molar-refractivity contribution in [3.05, 3.63) is 40.5 Å². The molecule has 1 heteroatoms. The molecule has 0 fully saturated rings. The molecule has 1 N–H and O–H groups in total. The highest BCUT2D eigenvalue weighted by Gasteiger charge is 2.03. The minimum absolute atomic E-state index is 1.05. The van der Waals surface area contributed by atoms with E-state index in [1.807, 2.05) is 0 Å². The Balaban J connectivity index is 2.81. The van der Waals surface area contributed by atoms with Gasteiger partial charge in [0.2, 0.25) is 0 Å². The van der Waals surface area contributed by atoms with Crippen molar-refractivity contribution < 1.29 is 0 Å². The number of aryl methyl sites for hydroxylation is 3. The summed E-state index contributed by atoms with van der Waals surface area (Å²) in [5, 5.41) is 3.35. The average molecular weight is 231 g/mol. The molecule has 0 spiro atoms. The van der Waals surface area contributed by atoms with Crippen LogP contribution in [-0.4, -0.2) is 13.1 Å². The van der Waals surface area contributed by atoms with Gasteiger partial charge in [0.1, 0.15) is 0 Å². The first-order chi connectivity index (χ1) is 8.06. The van der Waals surface area contributed by atoms with Gasteiger partial charge < -0.3 is 5.32 Å². The molecular weight excluding hydrogens is 206 g/mol. The summed E-state index contributed by atoms with van der Waals surface area (Å²) in [6.07, 6.45) is 3.44. The summed E-state index contributed by atoms with van der Waals surface area (Å²) in [6, 6.07) is 4.59. The van der Waals surface area contributed by atoms with E-state index >= 15 is 0 Å². The monoisotopic (exact) mass is 231 g/mol. The minimum atomic E-state index is 1.05. The number of benzene rings is 1. The van der Waals surface area contributed by atoms with Gasteiger partial charge in [-0.05, 0) is 75.0 Å². The lowest BCUT2D eigenvalue weighted by atomic mass is 9.96. The molecule has 0 saturated heterocycles. The van der Waals surface area contributed by atoms with Crippen LogP contribution >= 0.6 is 0 Å². The number of hydrogen-bond acceptors (Lipinski definition) is 1. The van der Waals surface area contributed by atoms with Crippen LogP contribution in [-0.2, 0) is 0 Å². The van der Waals surface area contributed by atoms with E-state index in [1.165, 1.54) is 27.8 Å². The van der Waals surface area contributed by atoms with Crippen molar-refractivity contribution in [1.82, 2.24) is 5.32 Å². The Bertz CT molecular complexity index is 402. The van der Waals surface area contributed by atoms with E-state index in [4.69, 9.17) is 0 Å². The molecule has 0 bridgehead atoms. The van der Waals surface area contributed by atoms with Crippen LogP contribution in [0, 0.1) is 20.8 Å². The van der Waals surface area contributed by atoms with E-state index in [0.29, 0.717) is 0 Å². The molecule has 1 aromatic rings. The highest BCUT2D eigenvalue weighted by Crippen LogP contribution is 2.22. The predicted octanol–water partition coefficient (Wildman–Crippen LogP) is 4.01. The van der Waals surface area contributed by atoms with Crippen LogP contribution in [0.15, 0.2) is 18.2 Å². The minimum Gasteiger partial charge on any atom is -0.317 e. The molecule has 1 rings (SSSR count). The zero-order valence-corrected chi connectivity index (χ0v) is 11.9. The van der Waals surface area contributed by atoms with Gasteiger partial charge in [0.25, 0.3) is 0 Å². The molecule has 0 aromatic heterocycles. The molecule has 1 nitrogen and oxygen atoms in total. The predicted molar refractivity (Wildman–Crippen MR) is 77.5 cm³/mol. The topological polar surface area (TPSA) is 12.0 Å². The van der Waals surface area contributed by atoms with Crippen molar-refractivity contribution in [2.75, 3.05) is 13.1 Å². The fraction of sp³-hybridized carbons (Fsp3) is 0.500. The Morgan fingerprint density at radius 2 is 1.76 bits per heavy atom. The van der Waals surface area contributed by atoms with Gasteiger partial charge in [0.05, 0.1) is 0 Å². The Hall–Kier alpha value is -1.08. The summed E-state index contributed by atoms with van der Waals surface area (Å²) < 4.78 is 0. The van der Waals surface area contributed by atoms with Crippen molar-refractivity contribution in [3.63, 3.8) is 0 Å². The van der Waals surface area contributed by atoms with E-state index in [2.05, 4.69) is 58.1 Å². The maximum absolute atomic E-state index is 3.35. The van der Waals surface area contributed by atoms with Gasteiger partial charge in [-0.2, -0.15) is 0 Å². The van der Waals surface area contributed by atoms with Crippen LogP contribution in [0.2, 0.25) is 0 Å². The highest BCUT2D eigenvalue weighted by atomic mass is 14.8. The molecule has 0 radical (unpaired) electrons.